The zero-order valence-corrected chi connectivity index (χ0v) is 16.8. The van der Waals surface area contributed by atoms with Crippen molar-refractivity contribution in [2.45, 2.75) is 6.61 Å². The van der Waals surface area contributed by atoms with Crippen LogP contribution in [0, 0.1) is 21.4 Å². The number of rotatable bonds is 7. The minimum atomic E-state index is -0.493. The first-order valence-corrected chi connectivity index (χ1v) is 9.30. The molecule has 0 spiro atoms. The smallest absolute Gasteiger partial charge is 0.270 e. The van der Waals surface area contributed by atoms with Crippen LogP contribution in [-0.2, 0) is 6.61 Å². The largest absolute Gasteiger partial charge is 0.493 e. The number of benzene rings is 3. The SMILES string of the molecule is COc1cc(C=C(C#N)c2cccc([N+](=O)[O-])c2)ccc1OCc1ccccc1Cl. The Labute approximate surface area is 178 Å². The van der Waals surface area contributed by atoms with E-state index < -0.39 is 4.92 Å². The molecule has 0 saturated carbocycles. The van der Waals surface area contributed by atoms with Gasteiger partial charge < -0.3 is 9.47 Å². The monoisotopic (exact) mass is 420 g/mol. The molecule has 0 unspecified atom stereocenters. The second-order valence-electron chi connectivity index (χ2n) is 6.27. The lowest BCUT2D eigenvalue weighted by molar-refractivity contribution is -0.384. The van der Waals surface area contributed by atoms with Crippen LogP contribution in [0.1, 0.15) is 16.7 Å². The van der Waals surface area contributed by atoms with E-state index in [1.54, 1.807) is 42.5 Å². The van der Waals surface area contributed by atoms with Crippen molar-refractivity contribution in [1.29, 1.82) is 5.26 Å². The van der Waals surface area contributed by atoms with Gasteiger partial charge in [-0.2, -0.15) is 5.26 Å². The van der Waals surface area contributed by atoms with E-state index in [9.17, 15) is 15.4 Å². The van der Waals surface area contributed by atoms with Crippen molar-refractivity contribution in [3.05, 3.63) is 98.6 Å². The van der Waals surface area contributed by atoms with Gasteiger partial charge in [0, 0.05) is 22.7 Å². The summed E-state index contributed by atoms with van der Waals surface area (Å²) in [5.74, 6) is 1.02. The Kier molecular flexibility index (Phi) is 6.68. The van der Waals surface area contributed by atoms with Gasteiger partial charge >= 0.3 is 0 Å². The third kappa shape index (κ3) is 4.96. The van der Waals surface area contributed by atoms with Crippen molar-refractivity contribution in [3.63, 3.8) is 0 Å². The summed E-state index contributed by atoms with van der Waals surface area (Å²) in [6.45, 7) is 0.280. The van der Waals surface area contributed by atoms with Gasteiger partial charge in [0.1, 0.15) is 6.61 Å². The Bertz CT molecular complexity index is 1150. The molecule has 6 nitrogen and oxygen atoms in total. The second-order valence-corrected chi connectivity index (χ2v) is 6.67. The topological polar surface area (TPSA) is 85.4 Å². The van der Waals surface area contributed by atoms with Crippen LogP contribution in [0.15, 0.2) is 66.7 Å². The van der Waals surface area contributed by atoms with Gasteiger partial charge in [0.05, 0.1) is 23.7 Å². The van der Waals surface area contributed by atoms with Crippen molar-refractivity contribution < 1.29 is 14.4 Å². The van der Waals surface area contributed by atoms with Crippen molar-refractivity contribution in [1.82, 2.24) is 0 Å². The lowest BCUT2D eigenvalue weighted by Gasteiger charge is -2.12. The van der Waals surface area contributed by atoms with E-state index >= 15 is 0 Å². The Morgan fingerprint density at radius 3 is 2.63 bits per heavy atom. The molecule has 0 aliphatic heterocycles. The predicted molar refractivity (Wildman–Crippen MR) is 115 cm³/mol. The second kappa shape index (κ2) is 9.59. The van der Waals surface area contributed by atoms with Crippen LogP contribution in [-0.4, -0.2) is 12.0 Å². The first kappa shape index (κ1) is 20.9. The number of allylic oxidation sites excluding steroid dienone is 1. The third-order valence-electron chi connectivity index (χ3n) is 4.33. The van der Waals surface area contributed by atoms with E-state index in [0.717, 1.165) is 5.56 Å². The maximum Gasteiger partial charge on any atom is 0.270 e. The zero-order chi connectivity index (χ0) is 21.5. The lowest BCUT2D eigenvalue weighted by atomic mass is 10.0. The first-order chi connectivity index (χ1) is 14.5. The van der Waals surface area contributed by atoms with E-state index in [1.807, 2.05) is 18.2 Å². The minimum absolute atomic E-state index is 0.0745. The fraction of sp³-hybridized carbons (Fsp3) is 0.0870. The quantitative estimate of drug-likeness (QED) is 0.205. The number of hydrogen-bond acceptors (Lipinski definition) is 5. The van der Waals surface area contributed by atoms with E-state index in [2.05, 4.69) is 6.07 Å². The fourth-order valence-corrected chi connectivity index (χ4v) is 2.99. The minimum Gasteiger partial charge on any atom is -0.493 e. The summed E-state index contributed by atoms with van der Waals surface area (Å²) < 4.78 is 11.3. The number of hydrogen-bond donors (Lipinski definition) is 0. The molecule has 0 amide bonds. The molecule has 0 atom stereocenters. The summed E-state index contributed by atoms with van der Waals surface area (Å²) in [5, 5.41) is 21.1. The maximum atomic E-state index is 11.0. The number of halogens is 1. The zero-order valence-electron chi connectivity index (χ0n) is 16.0. The highest BCUT2D eigenvalue weighted by atomic mass is 35.5. The Balaban J connectivity index is 1.86. The number of ether oxygens (including phenoxy) is 2. The molecular weight excluding hydrogens is 404 g/mol. The number of non-ortho nitro benzene ring substituents is 1. The molecule has 30 heavy (non-hydrogen) atoms. The third-order valence-corrected chi connectivity index (χ3v) is 4.70. The van der Waals surface area contributed by atoms with Gasteiger partial charge in [-0.3, -0.25) is 10.1 Å². The molecular formula is C23H17ClN2O4. The van der Waals surface area contributed by atoms with Crippen molar-refractivity contribution in [2.24, 2.45) is 0 Å². The molecule has 0 aliphatic carbocycles. The van der Waals surface area contributed by atoms with Gasteiger partial charge in [-0.25, -0.2) is 0 Å². The highest BCUT2D eigenvalue weighted by Gasteiger charge is 2.11. The van der Waals surface area contributed by atoms with Crippen LogP contribution in [0.2, 0.25) is 5.02 Å². The van der Waals surface area contributed by atoms with E-state index in [4.69, 9.17) is 21.1 Å². The predicted octanol–water partition coefficient (Wildman–Crippen LogP) is 5.90. The van der Waals surface area contributed by atoms with Gasteiger partial charge in [-0.05, 0) is 35.4 Å². The van der Waals surface area contributed by atoms with E-state index in [1.165, 1.54) is 19.2 Å². The van der Waals surface area contributed by atoms with Crippen LogP contribution in [0.5, 0.6) is 11.5 Å². The average molecular weight is 421 g/mol. The van der Waals surface area contributed by atoms with E-state index in [0.29, 0.717) is 33.2 Å². The molecule has 3 aromatic carbocycles. The Morgan fingerprint density at radius 1 is 1.13 bits per heavy atom. The number of nitro benzene ring substituents is 1. The molecule has 0 radical (unpaired) electrons. The standard InChI is InChI=1S/C23H17ClN2O4/c1-29-23-12-16(9-10-22(23)30-15-18-5-2-3-8-21(18)24)11-19(14-25)17-6-4-7-20(13-17)26(27)28/h2-13H,15H2,1H3. The summed E-state index contributed by atoms with van der Waals surface area (Å²) in [4.78, 5) is 10.5. The molecule has 0 aliphatic rings. The molecule has 150 valence electrons. The molecule has 3 aromatic rings. The first-order valence-electron chi connectivity index (χ1n) is 8.92. The van der Waals surface area contributed by atoms with Crippen LogP contribution in [0.3, 0.4) is 0 Å². The lowest BCUT2D eigenvalue weighted by Crippen LogP contribution is -1.98. The number of nitrogens with zero attached hydrogens (tertiary/aromatic N) is 2. The van der Waals surface area contributed by atoms with Crippen molar-refractivity contribution >= 4 is 28.9 Å². The van der Waals surface area contributed by atoms with Gasteiger partial charge in [0.2, 0.25) is 0 Å². The van der Waals surface area contributed by atoms with Crippen LogP contribution in [0.4, 0.5) is 5.69 Å². The number of nitro groups is 1. The van der Waals surface area contributed by atoms with Crippen LogP contribution >= 0.6 is 11.6 Å². The number of methoxy groups -OCH3 is 1. The summed E-state index contributed by atoms with van der Waals surface area (Å²) in [6, 6.07) is 20.7. The molecule has 0 saturated heterocycles. The highest BCUT2D eigenvalue weighted by Crippen LogP contribution is 2.31. The van der Waals surface area contributed by atoms with Crippen LogP contribution < -0.4 is 9.47 Å². The highest BCUT2D eigenvalue weighted by molar-refractivity contribution is 6.31. The van der Waals surface area contributed by atoms with Crippen molar-refractivity contribution in [2.75, 3.05) is 7.11 Å². The summed E-state index contributed by atoms with van der Waals surface area (Å²) in [5.41, 5.74) is 2.23. The Hall–Kier alpha value is -3.82. The molecule has 0 bridgehead atoms. The van der Waals surface area contributed by atoms with Crippen molar-refractivity contribution in [3.8, 4) is 17.6 Å². The normalized spacial score (nSPS) is 10.9. The molecule has 7 heteroatoms. The van der Waals surface area contributed by atoms with Gasteiger partial charge in [-0.15, -0.1) is 0 Å². The van der Waals surface area contributed by atoms with E-state index in [-0.39, 0.29) is 12.3 Å². The summed E-state index contributed by atoms with van der Waals surface area (Å²) in [7, 11) is 1.52. The molecule has 0 aromatic heterocycles. The van der Waals surface area contributed by atoms with Gasteiger partial charge in [-0.1, -0.05) is 48.0 Å². The summed E-state index contributed by atoms with van der Waals surface area (Å²) in [6.07, 6.45) is 1.64. The average Bonchev–Trinajstić information content (AvgIpc) is 2.77. The molecule has 0 fully saturated rings. The maximum absolute atomic E-state index is 11.0. The number of nitriles is 1. The molecule has 3 rings (SSSR count). The van der Waals surface area contributed by atoms with Gasteiger partial charge in [0.25, 0.3) is 5.69 Å². The van der Waals surface area contributed by atoms with Crippen LogP contribution in [0.25, 0.3) is 11.6 Å². The summed E-state index contributed by atoms with van der Waals surface area (Å²) >= 11 is 6.16. The molecule has 0 heterocycles. The Morgan fingerprint density at radius 2 is 1.93 bits per heavy atom. The molecule has 0 N–H and O–H groups in total. The fourth-order valence-electron chi connectivity index (χ4n) is 2.80. The van der Waals surface area contributed by atoms with Gasteiger partial charge in [0.15, 0.2) is 11.5 Å².